The van der Waals surface area contributed by atoms with Crippen LogP contribution in [0.15, 0.2) is 122 Å². The topological polar surface area (TPSA) is 111 Å². The van der Waals surface area contributed by atoms with Crippen LogP contribution in [0.5, 0.6) is 0 Å². The number of carbonyl (C=O) groups is 2. The summed E-state index contributed by atoms with van der Waals surface area (Å²) in [7, 11) is 1.14. The van der Waals surface area contributed by atoms with Crippen molar-refractivity contribution in [3.63, 3.8) is 0 Å². The molecule has 10 heteroatoms. The summed E-state index contributed by atoms with van der Waals surface area (Å²) in [5, 5.41) is 0. The first-order valence-electron chi connectivity index (χ1n) is 35.2. The zero-order valence-corrected chi connectivity index (χ0v) is 57.1. The van der Waals surface area contributed by atoms with E-state index in [0.717, 1.165) is 96.3 Å². The van der Waals surface area contributed by atoms with Crippen LogP contribution in [-0.2, 0) is 32.7 Å². The Morgan fingerprint density at radius 3 is 1.00 bits per heavy atom. The maximum Gasteiger partial charge on any atom is 0.306 e. The van der Waals surface area contributed by atoms with E-state index in [0.29, 0.717) is 17.4 Å². The van der Waals surface area contributed by atoms with Gasteiger partial charge in [0.1, 0.15) is 19.8 Å². The van der Waals surface area contributed by atoms with E-state index in [2.05, 4.69) is 135 Å². The molecule has 0 heterocycles. The highest BCUT2D eigenvalue weighted by atomic mass is 31.2. The molecule has 0 saturated carbocycles. The lowest BCUT2D eigenvalue weighted by atomic mass is 10.0. The molecule has 2 unspecified atom stereocenters. The van der Waals surface area contributed by atoms with Crippen molar-refractivity contribution in [3.05, 3.63) is 122 Å². The van der Waals surface area contributed by atoms with Gasteiger partial charge < -0.3 is 27.9 Å². The molecule has 0 aliphatic rings. The van der Waals surface area contributed by atoms with Crippen molar-refractivity contribution in [1.29, 1.82) is 0 Å². The van der Waals surface area contributed by atoms with E-state index < -0.39 is 32.5 Å². The van der Waals surface area contributed by atoms with E-state index in [1.807, 2.05) is 21.1 Å². The zero-order valence-electron chi connectivity index (χ0n) is 56.2. The van der Waals surface area contributed by atoms with E-state index >= 15 is 0 Å². The van der Waals surface area contributed by atoms with Gasteiger partial charge in [0.2, 0.25) is 0 Å². The van der Waals surface area contributed by atoms with E-state index in [-0.39, 0.29) is 26.1 Å². The van der Waals surface area contributed by atoms with E-state index in [1.165, 1.54) is 167 Å². The summed E-state index contributed by atoms with van der Waals surface area (Å²) in [5.41, 5.74) is 0. The third kappa shape index (κ3) is 69.5. The van der Waals surface area contributed by atoms with Crippen LogP contribution in [0.1, 0.15) is 296 Å². The van der Waals surface area contributed by atoms with Gasteiger partial charge in [-0.2, -0.15) is 0 Å². The van der Waals surface area contributed by atoms with Gasteiger partial charge in [-0.15, -0.1) is 0 Å². The van der Waals surface area contributed by atoms with Crippen LogP contribution < -0.4 is 4.89 Å². The molecule has 0 fully saturated rings. The van der Waals surface area contributed by atoms with Crippen molar-refractivity contribution < 1.29 is 42.1 Å². The van der Waals surface area contributed by atoms with Crippen LogP contribution in [0.3, 0.4) is 0 Å². The second kappa shape index (κ2) is 65.8. The molecular weight excluding hydrogens is 1090 g/mol. The molecule has 494 valence electrons. The molecule has 86 heavy (non-hydrogen) atoms. The second-order valence-corrected chi connectivity index (χ2v) is 25.9. The number of quaternary nitrogens is 1. The molecule has 0 saturated heterocycles. The molecule has 2 atom stereocenters. The number of phosphoric acid groups is 1. The number of esters is 2. The number of allylic oxidation sites excluding steroid dienone is 20. The number of nitrogens with zero attached hydrogens (tertiary/aromatic N) is 1. The Labute approximate surface area is 530 Å². The van der Waals surface area contributed by atoms with Crippen LogP contribution in [0.25, 0.3) is 0 Å². The number of unbranched alkanes of at least 4 members (excludes halogenated alkanes) is 30. The van der Waals surface area contributed by atoms with Crippen molar-refractivity contribution in [3.8, 4) is 0 Å². The molecule has 9 nitrogen and oxygen atoms in total. The number of carbonyl (C=O) groups excluding carboxylic acids is 2. The fourth-order valence-corrected chi connectivity index (χ4v) is 10.3. The first-order chi connectivity index (χ1) is 42.0. The fraction of sp³-hybridized carbons (Fsp3) is 0.711. The highest BCUT2D eigenvalue weighted by Crippen LogP contribution is 2.38. The summed E-state index contributed by atoms with van der Waals surface area (Å²) in [6.45, 7) is 4.09. The summed E-state index contributed by atoms with van der Waals surface area (Å²) in [6, 6.07) is 0. The lowest BCUT2D eigenvalue weighted by Gasteiger charge is -2.28. The van der Waals surface area contributed by atoms with Gasteiger partial charge in [-0.1, -0.05) is 296 Å². The van der Waals surface area contributed by atoms with Crippen molar-refractivity contribution in [1.82, 2.24) is 0 Å². The average Bonchev–Trinajstić information content (AvgIpc) is 3.70. The standard InChI is InChI=1S/C76H132NO8P/c1-6-8-10-12-14-16-18-20-22-24-26-28-30-32-33-34-35-36-37-38-39-40-41-42-43-45-46-48-50-52-54-56-58-60-62-64-66-68-75(78)82-72-74(73-84-86(80,81)83-71-70-77(3,4)5)85-76(79)69-67-65-63-61-59-57-55-53-51-49-47-44-31-29-27-25-23-21-19-17-15-13-11-9-7-2/h9,11,15,17-18,20-21,23-24,26-27,29-30,32,44,47,51,53,57,59,74H,6-8,10,12-14,16,19,22,25,28,31,33-43,45-46,48-50,52,54-56,58,60-73H2,1-5H3/b11-9-,17-15-,20-18-,23-21-,26-24-,29-27-,32-30-,47-44-,53-51-,59-57-. The minimum absolute atomic E-state index is 0.0426. The highest BCUT2D eigenvalue weighted by Gasteiger charge is 2.22. The lowest BCUT2D eigenvalue weighted by Crippen LogP contribution is -2.37. The molecule has 0 aromatic heterocycles. The summed E-state index contributed by atoms with van der Waals surface area (Å²) >= 11 is 0. The van der Waals surface area contributed by atoms with Crippen LogP contribution in [0, 0.1) is 0 Å². The molecule has 0 bridgehead atoms. The Balaban J connectivity index is 4.05. The number of likely N-dealkylation sites (N-methyl/N-ethyl adjacent to an activating group) is 1. The number of hydrogen-bond acceptors (Lipinski definition) is 8. The SMILES string of the molecule is CC/C=C\C/C=C\C/C=C\C/C=C\C/C=C\C/C=C\C/C=C\CCCCCC(=O)OC(COC(=O)CCCCCCCCCCCCCCCCCCCCCCCC/C=C\C/C=C\C/C=C\CCCCCCC)COP(=O)([O-])OCC[N+](C)(C)C. The molecular formula is C76H132NO8P. The summed E-state index contributed by atoms with van der Waals surface area (Å²) < 4.78 is 34.2. The normalized spacial score (nSPS) is 13.9. The third-order valence-corrected chi connectivity index (χ3v) is 15.9. The predicted octanol–water partition coefficient (Wildman–Crippen LogP) is 22.4. The maximum atomic E-state index is 12.8. The number of hydrogen-bond donors (Lipinski definition) is 0. The van der Waals surface area contributed by atoms with Gasteiger partial charge >= 0.3 is 11.9 Å². The van der Waals surface area contributed by atoms with Gasteiger partial charge in [0, 0.05) is 12.8 Å². The first-order valence-corrected chi connectivity index (χ1v) is 36.7. The molecule has 0 spiro atoms. The quantitative estimate of drug-likeness (QED) is 0.0195. The highest BCUT2D eigenvalue weighted by molar-refractivity contribution is 7.45. The van der Waals surface area contributed by atoms with E-state index in [9.17, 15) is 19.0 Å². The Morgan fingerprint density at radius 2 is 0.663 bits per heavy atom. The average molecular weight is 1220 g/mol. The van der Waals surface area contributed by atoms with Gasteiger partial charge in [-0.25, -0.2) is 0 Å². The Hall–Kier alpha value is -3.59. The van der Waals surface area contributed by atoms with Crippen molar-refractivity contribution >= 4 is 19.8 Å². The predicted molar refractivity (Wildman–Crippen MR) is 369 cm³/mol. The van der Waals surface area contributed by atoms with E-state index in [4.69, 9.17) is 18.5 Å². The summed E-state index contributed by atoms with van der Waals surface area (Å²) in [6.07, 6.45) is 94.3. The van der Waals surface area contributed by atoms with Gasteiger partial charge in [0.05, 0.1) is 27.7 Å². The fourth-order valence-electron chi connectivity index (χ4n) is 9.59. The molecule has 0 N–H and O–H groups in total. The molecule has 0 rings (SSSR count). The zero-order chi connectivity index (χ0) is 62.6. The van der Waals surface area contributed by atoms with Crippen molar-refractivity contribution in [2.75, 3.05) is 47.5 Å². The largest absolute Gasteiger partial charge is 0.756 e. The lowest BCUT2D eigenvalue weighted by molar-refractivity contribution is -0.870. The molecule has 0 aliphatic carbocycles. The van der Waals surface area contributed by atoms with Crippen LogP contribution in [0.2, 0.25) is 0 Å². The van der Waals surface area contributed by atoms with Crippen molar-refractivity contribution in [2.24, 2.45) is 0 Å². The number of ether oxygens (including phenoxy) is 2. The van der Waals surface area contributed by atoms with Gasteiger partial charge in [0.25, 0.3) is 7.82 Å². The number of rotatable bonds is 64. The second-order valence-electron chi connectivity index (χ2n) is 24.5. The monoisotopic (exact) mass is 1220 g/mol. The minimum Gasteiger partial charge on any atom is -0.756 e. The Morgan fingerprint density at radius 1 is 0.372 bits per heavy atom. The van der Waals surface area contributed by atoms with Gasteiger partial charge in [-0.3, -0.25) is 14.2 Å². The molecule has 0 aromatic rings. The summed E-state index contributed by atoms with van der Waals surface area (Å²) in [5.74, 6) is -0.870. The molecule has 0 aliphatic heterocycles. The van der Waals surface area contributed by atoms with E-state index in [1.54, 1.807) is 0 Å². The smallest absolute Gasteiger partial charge is 0.306 e. The van der Waals surface area contributed by atoms with Crippen molar-refractivity contribution in [2.45, 2.75) is 302 Å². The minimum atomic E-state index is -4.66. The summed E-state index contributed by atoms with van der Waals surface area (Å²) in [4.78, 5) is 38.0. The molecule has 0 radical (unpaired) electrons. The third-order valence-electron chi connectivity index (χ3n) is 15.0. The number of phosphoric ester groups is 1. The van der Waals surface area contributed by atoms with Crippen LogP contribution in [-0.4, -0.2) is 70.0 Å². The van der Waals surface area contributed by atoms with Gasteiger partial charge in [-0.05, 0) is 109 Å². The van der Waals surface area contributed by atoms with Crippen LogP contribution >= 0.6 is 7.82 Å². The van der Waals surface area contributed by atoms with Crippen LogP contribution in [0.4, 0.5) is 0 Å². The first kappa shape index (κ1) is 82.4. The molecule has 0 amide bonds. The molecule has 0 aromatic carbocycles. The Kier molecular flexibility index (Phi) is 63.1. The Bertz CT molecular complexity index is 1870. The maximum absolute atomic E-state index is 12.8. The van der Waals surface area contributed by atoms with Gasteiger partial charge in [0.15, 0.2) is 6.10 Å².